The Balaban J connectivity index is 1.43. The van der Waals surface area contributed by atoms with Crippen LogP contribution < -0.4 is 5.32 Å². The lowest BCUT2D eigenvalue weighted by Gasteiger charge is -2.25. The van der Waals surface area contributed by atoms with Crippen molar-refractivity contribution in [1.82, 2.24) is 14.7 Å². The summed E-state index contributed by atoms with van der Waals surface area (Å²) in [6.45, 7) is 4.53. The normalized spacial score (nSPS) is 11.6. The summed E-state index contributed by atoms with van der Waals surface area (Å²) in [7, 11) is 0. The Hall–Kier alpha value is -5.23. The fourth-order valence-corrected chi connectivity index (χ4v) is 5.31. The zero-order chi connectivity index (χ0) is 28.6. The van der Waals surface area contributed by atoms with Crippen molar-refractivity contribution in [3.05, 3.63) is 144 Å². The molecule has 4 aromatic carbocycles. The van der Waals surface area contributed by atoms with Crippen LogP contribution >= 0.6 is 0 Å². The highest BCUT2D eigenvalue weighted by Gasteiger charge is 2.30. The second-order valence-corrected chi connectivity index (χ2v) is 10.7. The first-order valence-electron chi connectivity index (χ1n) is 13.5. The van der Waals surface area contributed by atoms with Gasteiger partial charge < -0.3 is 14.8 Å². The van der Waals surface area contributed by atoms with Crippen molar-refractivity contribution in [3.63, 3.8) is 0 Å². The molecule has 41 heavy (non-hydrogen) atoms. The largest absolute Gasteiger partial charge is 0.478 e. The minimum Gasteiger partial charge on any atom is -0.478 e. The quantitative estimate of drug-likeness (QED) is 0.226. The molecule has 0 aliphatic carbocycles. The predicted molar refractivity (Wildman–Crippen MR) is 161 cm³/mol. The van der Waals surface area contributed by atoms with Gasteiger partial charge in [0.2, 0.25) is 0 Å². The number of carboxylic acids is 1. The Morgan fingerprint density at radius 2 is 1.54 bits per heavy atom. The zero-order valence-electron chi connectivity index (χ0n) is 22.8. The Kier molecular flexibility index (Phi) is 6.59. The molecule has 0 aliphatic heterocycles. The van der Waals surface area contributed by atoms with Gasteiger partial charge in [-0.3, -0.25) is 4.79 Å². The molecule has 2 N–H and O–H groups in total. The minimum atomic E-state index is -0.983. The number of aromatic carboxylic acids is 1. The molecule has 0 aliphatic rings. The lowest BCUT2D eigenvalue weighted by atomic mass is 9.79. The van der Waals surface area contributed by atoms with Gasteiger partial charge in [-0.15, -0.1) is 0 Å². The van der Waals surface area contributed by atoms with E-state index in [0.717, 1.165) is 38.9 Å². The molecular formula is C35H29N3O3. The van der Waals surface area contributed by atoms with Crippen LogP contribution in [0, 0.1) is 0 Å². The number of hydrogen-bond donors (Lipinski definition) is 2. The number of carbonyl (C=O) groups excluding carboxylic acids is 1. The Morgan fingerprint density at radius 3 is 2.27 bits per heavy atom. The van der Waals surface area contributed by atoms with Gasteiger partial charge in [0.25, 0.3) is 5.91 Å². The van der Waals surface area contributed by atoms with Crippen LogP contribution in [0.5, 0.6) is 0 Å². The van der Waals surface area contributed by atoms with Crippen molar-refractivity contribution in [1.29, 1.82) is 0 Å². The molecule has 2 heterocycles. The first-order valence-corrected chi connectivity index (χ1v) is 13.5. The number of nitrogens with zero attached hydrogens (tertiary/aromatic N) is 2. The number of hydrogen-bond acceptors (Lipinski definition) is 3. The van der Waals surface area contributed by atoms with Crippen molar-refractivity contribution < 1.29 is 14.7 Å². The summed E-state index contributed by atoms with van der Waals surface area (Å²) in [6.07, 6.45) is 3.79. The molecule has 0 atom stereocenters. The molecule has 6 rings (SSSR count). The summed E-state index contributed by atoms with van der Waals surface area (Å²) in [4.78, 5) is 29.9. The summed E-state index contributed by atoms with van der Waals surface area (Å²) >= 11 is 0. The molecule has 0 fully saturated rings. The van der Waals surface area contributed by atoms with E-state index in [2.05, 4.69) is 49.5 Å². The average Bonchev–Trinajstić information content (AvgIpc) is 3.45. The van der Waals surface area contributed by atoms with Crippen molar-refractivity contribution in [2.45, 2.75) is 25.8 Å². The van der Waals surface area contributed by atoms with Gasteiger partial charge in [-0.05, 0) is 51.2 Å². The van der Waals surface area contributed by atoms with Crippen molar-refractivity contribution >= 4 is 28.2 Å². The van der Waals surface area contributed by atoms with Gasteiger partial charge >= 0.3 is 5.97 Å². The number of pyridine rings is 1. The number of aromatic nitrogens is 2. The van der Waals surface area contributed by atoms with Crippen LogP contribution in [-0.4, -0.2) is 26.4 Å². The monoisotopic (exact) mass is 539 g/mol. The van der Waals surface area contributed by atoms with E-state index in [-0.39, 0.29) is 18.0 Å². The molecule has 6 heteroatoms. The van der Waals surface area contributed by atoms with Crippen LogP contribution in [0.3, 0.4) is 0 Å². The van der Waals surface area contributed by atoms with Crippen LogP contribution in [0.15, 0.2) is 116 Å². The Labute approximate surface area is 237 Å². The van der Waals surface area contributed by atoms with Gasteiger partial charge in [0.1, 0.15) is 0 Å². The molecule has 202 valence electrons. The van der Waals surface area contributed by atoms with E-state index in [9.17, 15) is 14.7 Å². The van der Waals surface area contributed by atoms with E-state index in [4.69, 9.17) is 4.98 Å². The second kappa shape index (κ2) is 10.4. The van der Waals surface area contributed by atoms with Crippen LogP contribution in [0.25, 0.3) is 27.4 Å². The highest BCUT2D eigenvalue weighted by molar-refractivity contribution is 6.03. The molecule has 2 aromatic heterocycles. The number of nitrogens with one attached hydrogen (secondary N) is 1. The first kappa shape index (κ1) is 26.0. The molecule has 6 nitrogen and oxygen atoms in total. The number of benzene rings is 4. The number of carboxylic acid groups (broad SMARTS) is 1. The van der Waals surface area contributed by atoms with Crippen LogP contribution in [0.2, 0.25) is 0 Å². The van der Waals surface area contributed by atoms with Crippen molar-refractivity contribution in [2.75, 3.05) is 0 Å². The summed E-state index contributed by atoms with van der Waals surface area (Å²) in [6, 6.07) is 33.1. The third-order valence-corrected chi connectivity index (χ3v) is 7.70. The maximum Gasteiger partial charge on any atom is 0.335 e. The highest BCUT2D eigenvalue weighted by Crippen LogP contribution is 2.37. The Bertz CT molecular complexity index is 1910. The molecule has 0 bridgehead atoms. The number of imidazole rings is 1. The van der Waals surface area contributed by atoms with Gasteiger partial charge in [-0.25, -0.2) is 9.78 Å². The molecule has 0 saturated heterocycles. The molecule has 1 amide bonds. The number of rotatable bonds is 7. The van der Waals surface area contributed by atoms with E-state index < -0.39 is 11.4 Å². The fraction of sp³-hybridized carbons (Fsp3) is 0.114. The van der Waals surface area contributed by atoms with E-state index in [1.807, 2.05) is 59.1 Å². The number of carbonyl (C=O) groups is 2. The van der Waals surface area contributed by atoms with Crippen LogP contribution in [0.4, 0.5) is 0 Å². The van der Waals surface area contributed by atoms with Crippen LogP contribution in [-0.2, 0) is 12.0 Å². The van der Waals surface area contributed by atoms with Gasteiger partial charge in [0.15, 0.2) is 0 Å². The van der Waals surface area contributed by atoms with Gasteiger partial charge in [-0.2, -0.15) is 0 Å². The summed E-state index contributed by atoms with van der Waals surface area (Å²) in [5.74, 6) is -1.21. The lowest BCUT2D eigenvalue weighted by Crippen LogP contribution is -2.25. The van der Waals surface area contributed by atoms with Gasteiger partial charge in [-0.1, -0.05) is 98.8 Å². The van der Waals surface area contributed by atoms with E-state index >= 15 is 0 Å². The van der Waals surface area contributed by atoms with Crippen LogP contribution in [0.1, 0.15) is 51.4 Å². The third-order valence-electron chi connectivity index (χ3n) is 7.70. The minimum absolute atomic E-state index is 0.206. The maximum absolute atomic E-state index is 13.8. The molecule has 0 radical (unpaired) electrons. The van der Waals surface area contributed by atoms with Crippen molar-refractivity contribution in [2.24, 2.45) is 0 Å². The molecule has 6 aromatic rings. The smallest absolute Gasteiger partial charge is 0.335 e. The fourth-order valence-electron chi connectivity index (χ4n) is 5.31. The second-order valence-electron chi connectivity index (χ2n) is 10.7. The SMILES string of the molecule is CC(C)(c1ccc2ccccc2c1)c1ncn2cc(-c3ccccc3)cc(C(=O)NCc3ccc(C(=O)O)cc3)c12. The number of fused-ring (bicyclic) bond motifs is 2. The van der Waals surface area contributed by atoms with E-state index in [1.165, 1.54) is 5.39 Å². The molecule has 0 unspecified atom stereocenters. The van der Waals surface area contributed by atoms with Crippen molar-refractivity contribution in [3.8, 4) is 11.1 Å². The van der Waals surface area contributed by atoms with Gasteiger partial charge in [0, 0.05) is 18.2 Å². The van der Waals surface area contributed by atoms with E-state index in [1.54, 1.807) is 30.6 Å². The number of amides is 1. The maximum atomic E-state index is 13.8. The van der Waals surface area contributed by atoms with E-state index in [0.29, 0.717) is 5.56 Å². The summed E-state index contributed by atoms with van der Waals surface area (Å²) in [5.41, 5.74) is 5.61. The molecular weight excluding hydrogens is 510 g/mol. The lowest BCUT2D eigenvalue weighted by molar-refractivity contribution is 0.0696. The zero-order valence-corrected chi connectivity index (χ0v) is 22.8. The first-order chi connectivity index (χ1) is 19.8. The summed E-state index contributed by atoms with van der Waals surface area (Å²) in [5, 5.41) is 14.6. The highest BCUT2D eigenvalue weighted by atomic mass is 16.4. The van der Waals surface area contributed by atoms with Gasteiger partial charge in [0.05, 0.1) is 28.7 Å². The standard InChI is InChI=1S/C35H29N3O3/c1-35(2,29-17-16-25-10-6-7-11-27(25)18-29)32-31-30(33(39)36-20-23-12-14-26(15-13-23)34(40)41)19-28(21-38(31)22-37-32)24-8-4-3-5-9-24/h3-19,21-22H,20H2,1-2H3,(H,36,39)(H,40,41). The molecule has 0 saturated carbocycles. The topological polar surface area (TPSA) is 83.7 Å². The average molecular weight is 540 g/mol. The third kappa shape index (κ3) is 4.96. The summed E-state index contributed by atoms with van der Waals surface area (Å²) < 4.78 is 1.94. The Morgan fingerprint density at radius 1 is 0.829 bits per heavy atom. The molecule has 0 spiro atoms. The predicted octanol–water partition coefficient (Wildman–Crippen LogP) is 7.11.